The smallest absolute Gasteiger partial charge is 0.194 e. The lowest BCUT2D eigenvalue weighted by Gasteiger charge is -2.12. The number of carbonyl (C=O) groups is 1. The van der Waals surface area contributed by atoms with Gasteiger partial charge in [-0.15, -0.1) is 0 Å². The molecule has 0 saturated heterocycles. The zero-order chi connectivity index (χ0) is 12.4. The van der Waals surface area contributed by atoms with E-state index in [1.807, 2.05) is 0 Å². The van der Waals surface area contributed by atoms with E-state index in [1.165, 1.54) is 0 Å². The molecular weight excluding hydrogens is 229 g/mol. The minimum atomic E-state index is -1.14. The van der Waals surface area contributed by atoms with Gasteiger partial charge in [0.1, 0.15) is 17.5 Å². The van der Waals surface area contributed by atoms with Crippen LogP contribution >= 0.6 is 0 Å². The summed E-state index contributed by atoms with van der Waals surface area (Å²) in [7, 11) is 0. The molecule has 1 aliphatic carbocycles. The van der Waals surface area contributed by atoms with Crippen molar-refractivity contribution in [3.63, 3.8) is 0 Å². The minimum Gasteiger partial charge on any atom is -0.289 e. The van der Waals surface area contributed by atoms with E-state index in [9.17, 15) is 18.0 Å². The number of ketones is 1. The molecule has 0 aliphatic heterocycles. The van der Waals surface area contributed by atoms with Crippen LogP contribution in [-0.2, 0) is 0 Å². The fraction of sp³-hybridized carbons (Fsp3) is 0.308. The van der Waals surface area contributed by atoms with E-state index in [0.29, 0.717) is 24.1 Å². The zero-order valence-electron chi connectivity index (χ0n) is 9.10. The Morgan fingerprint density at radius 2 is 1.71 bits per heavy atom. The van der Waals surface area contributed by atoms with E-state index in [1.54, 1.807) is 6.08 Å². The molecule has 0 N–H and O–H groups in total. The van der Waals surface area contributed by atoms with E-state index in [-0.39, 0.29) is 0 Å². The predicted octanol–water partition coefficient (Wildman–Crippen LogP) is 3.79. The highest BCUT2D eigenvalue weighted by Gasteiger charge is 2.22. The Kier molecular flexibility index (Phi) is 3.31. The van der Waals surface area contributed by atoms with Crippen LogP contribution in [0.25, 0.3) is 0 Å². The van der Waals surface area contributed by atoms with E-state index >= 15 is 0 Å². The second kappa shape index (κ2) is 4.73. The topological polar surface area (TPSA) is 17.1 Å². The molecule has 1 nitrogen and oxygen atoms in total. The molecule has 0 heterocycles. The summed E-state index contributed by atoms with van der Waals surface area (Å²) in [5.74, 6) is -3.97. The van der Waals surface area contributed by atoms with Crippen molar-refractivity contribution in [1.29, 1.82) is 0 Å². The molecule has 0 bridgehead atoms. The summed E-state index contributed by atoms with van der Waals surface area (Å²) in [6.07, 6.45) is 4.78. The molecule has 90 valence electrons. The van der Waals surface area contributed by atoms with Gasteiger partial charge in [0.05, 0.1) is 5.56 Å². The molecule has 0 spiro atoms. The SMILES string of the molecule is O=C(C1=CCCCC1)c1c(F)cc(F)cc1F. The maximum Gasteiger partial charge on any atom is 0.194 e. The van der Waals surface area contributed by atoms with Gasteiger partial charge in [-0.3, -0.25) is 4.79 Å². The van der Waals surface area contributed by atoms with Crippen LogP contribution in [0.3, 0.4) is 0 Å². The first kappa shape index (κ1) is 11.9. The highest BCUT2D eigenvalue weighted by molar-refractivity contribution is 6.09. The molecule has 4 heteroatoms. The van der Waals surface area contributed by atoms with Gasteiger partial charge in [0.15, 0.2) is 5.78 Å². The average molecular weight is 240 g/mol. The van der Waals surface area contributed by atoms with Gasteiger partial charge < -0.3 is 0 Å². The van der Waals surface area contributed by atoms with Gasteiger partial charge in [0.2, 0.25) is 0 Å². The van der Waals surface area contributed by atoms with Crippen LogP contribution in [0.4, 0.5) is 13.2 Å². The van der Waals surface area contributed by atoms with Gasteiger partial charge in [-0.05, 0) is 31.3 Å². The van der Waals surface area contributed by atoms with Crippen LogP contribution in [0.15, 0.2) is 23.8 Å². The van der Waals surface area contributed by atoms with Crippen molar-refractivity contribution in [3.05, 3.63) is 46.8 Å². The van der Waals surface area contributed by atoms with Crippen LogP contribution in [0, 0.1) is 17.5 Å². The van der Waals surface area contributed by atoms with Gasteiger partial charge >= 0.3 is 0 Å². The number of benzene rings is 1. The first-order chi connectivity index (χ1) is 8.09. The predicted molar refractivity (Wildman–Crippen MR) is 57.2 cm³/mol. The zero-order valence-corrected chi connectivity index (χ0v) is 9.10. The minimum absolute atomic E-state index is 0.417. The highest BCUT2D eigenvalue weighted by atomic mass is 19.1. The first-order valence-corrected chi connectivity index (χ1v) is 5.48. The summed E-state index contributed by atoms with van der Waals surface area (Å²) in [4.78, 5) is 11.9. The molecule has 0 saturated carbocycles. The molecule has 1 aliphatic rings. The summed E-state index contributed by atoms with van der Waals surface area (Å²) in [5, 5.41) is 0. The molecule has 0 radical (unpaired) electrons. The molecule has 2 rings (SSSR count). The fourth-order valence-corrected chi connectivity index (χ4v) is 1.96. The monoisotopic (exact) mass is 240 g/mol. The highest BCUT2D eigenvalue weighted by Crippen LogP contribution is 2.24. The molecule has 0 unspecified atom stereocenters. The Hall–Kier alpha value is -1.58. The average Bonchev–Trinajstić information content (AvgIpc) is 2.28. The van der Waals surface area contributed by atoms with Gasteiger partial charge in [0, 0.05) is 12.1 Å². The standard InChI is InChI=1S/C13H11F3O/c14-9-6-10(15)12(11(16)7-9)13(17)8-4-2-1-3-5-8/h4,6-7H,1-3,5H2. The van der Waals surface area contributed by atoms with Crippen LogP contribution in [0.2, 0.25) is 0 Å². The van der Waals surface area contributed by atoms with Crippen molar-refractivity contribution in [3.8, 4) is 0 Å². The molecule has 1 aromatic carbocycles. The Morgan fingerprint density at radius 3 is 2.24 bits per heavy atom. The van der Waals surface area contributed by atoms with E-state index in [0.717, 1.165) is 19.3 Å². The normalized spacial score (nSPS) is 15.6. The van der Waals surface area contributed by atoms with Crippen LogP contribution in [-0.4, -0.2) is 5.78 Å². The number of hydrogen-bond donors (Lipinski definition) is 0. The molecule has 0 atom stereocenters. The Bertz CT molecular complexity index is 468. The van der Waals surface area contributed by atoms with Gasteiger partial charge in [-0.1, -0.05) is 6.08 Å². The largest absolute Gasteiger partial charge is 0.289 e. The lowest BCUT2D eigenvalue weighted by Crippen LogP contribution is -2.11. The number of carbonyl (C=O) groups excluding carboxylic acids is 1. The second-order valence-electron chi connectivity index (χ2n) is 4.05. The third-order valence-electron chi connectivity index (χ3n) is 2.82. The number of rotatable bonds is 2. The Morgan fingerprint density at radius 1 is 1.06 bits per heavy atom. The van der Waals surface area contributed by atoms with Crippen molar-refractivity contribution >= 4 is 5.78 Å². The Balaban J connectivity index is 2.40. The van der Waals surface area contributed by atoms with Crippen molar-refractivity contribution in [1.82, 2.24) is 0 Å². The third kappa shape index (κ3) is 2.40. The number of allylic oxidation sites excluding steroid dienone is 2. The van der Waals surface area contributed by atoms with Gasteiger partial charge in [0.25, 0.3) is 0 Å². The van der Waals surface area contributed by atoms with Gasteiger partial charge in [-0.25, -0.2) is 13.2 Å². The fourth-order valence-electron chi connectivity index (χ4n) is 1.96. The summed E-state index contributed by atoms with van der Waals surface area (Å²) < 4.78 is 39.5. The quantitative estimate of drug-likeness (QED) is 0.719. The number of Topliss-reactive ketones (excluding diaryl/α,β-unsaturated/α-hetero) is 1. The first-order valence-electron chi connectivity index (χ1n) is 5.48. The second-order valence-corrected chi connectivity index (χ2v) is 4.05. The maximum absolute atomic E-state index is 13.4. The van der Waals surface area contributed by atoms with Crippen molar-refractivity contribution < 1.29 is 18.0 Å². The summed E-state index contributed by atoms with van der Waals surface area (Å²) >= 11 is 0. The van der Waals surface area contributed by atoms with Crippen LogP contribution in [0.1, 0.15) is 36.0 Å². The van der Waals surface area contributed by atoms with Crippen LogP contribution < -0.4 is 0 Å². The molecule has 0 amide bonds. The molecular formula is C13H11F3O. The van der Waals surface area contributed by atoms with Crippen molar-refractivity contribution in [2.75, 3.05) is 0 Å². The molecule has 1 aromatic rings. The Labute approximate surface area is 96.9 Å². The molecule has 0 aromatic heterocycles. The van der Waals surface area contributed by atoms with Crippen molar-refractivity contribution in [2.24, 2.45) is 0 Å². The van der Waals surface area contributed by atoms with Crippen LogP contribution in [0.5, 0.6) is 0 Å². The van der Waals surface area contributed by atoms with Crippen molar-refractivity contribution in [2.45, 2.75) is 25.7 Å². The lowest BCUT2D eigenvalue weighted by atomic mass is 9.92. The van der Waals surface area contributed by atoms with Gasteiger partial charge in [-0.2, -0.15) is 0 Å². The molecule has 17 heavy (non-hydrogen) atoms. The summed E-state index contributed by atoms with van der Waals surface area (Å²) in [6.45, 7) is 0. The molecule has 0 fully saturated rings. The maximum atomic E-state index is 13.4. The summed E-state index contributed by atoms with van der Waals surface area (Å²) in [5.41, 5.74) is -0.236. The number of hydrogen-bond acceptors (Lipinski definition) is 1. The lowest BCUT2D eigenvalue weighted by molar-refractivity contribution is 0.102. The summed E-state index contributed by atoms with van der Waals surface area (Å²) in [6, 6.07) is 1.05. The number of halogens is 3. The van der Waals surface area contributed by atoms with E-state index in [4.69, 9.17) is 0 Å². The van der Waals surface area contributed by atoms with E-state index < -0.39 is 28.8 Å². The third-order valence-corrected chi connectivity index (χ3v) is 2.82. The van der Waals surface area contributed by atoms with E-state index in [2.05, 4.69) is 0 Å².